The van der Waals surface area contributed by atoms with Gasteiger partial charge < -0.3 is 20.1 Å². The van der Waals surface area contributed by atoms with Gasteiger partial charge in [-0.1, -0.05) is 25.1 Å². The van der Waals surface area contributed by atoms with E-state index in [1.165, 1.54) is 0 Å². The lowest BCUT2D eigenvalue weighted by Crippen LogP contribution is -2.16. The topological polar surface area (TPSA) is 85.4 Å². The molecule has 0 atom stereocenters. The fourth-order valence-electron chi connectivity index (χ4n) is 3.17. The molecule has 0 saturated heterocycles. The maximum atomic E-state index is 12.6. The highest BCUT2D eigenvalue weighted by Gasteiger charge is 2.14. The molecular weight excluding hydrogens is 368 g/mol. The molecule has 3 aromatic rings. The van der Waals surface area contributed by atoms with Gasteiger partial charge in [0.15, 0.2) is 23.0 Å². The maximum absolute atomic E-state index is 12.6. The number of amides is 1. The summed E-state index contributed by atoms with van der Waals surface area (Å²) in [6.45, 7) is 5.11. The molecule has 0 fully saturated rings. The number of carbonyl (C=O) groups is 1. The Morgan fingerprint density at radius 3 is 2.62 bits per heavy atom. The molecule has 0 aliphatic carbocycles. The molecule has 1 aliphatic heterocycles. The summed E-state index contributed by atoms with van der Waals surface area (Å²) in [5.74, 6) is 1.66. The van der Waals surface area contributed by atoms with Gasteiger partial charge in [0.1, 0.15) is 13.2 Å². The van der Waals surface area contributed by atoms with E-state index in [0.29, 0.717) is 24.8 Å². The molecule has 2 heterocycles. The summed E-state index contributed by atoms with van der Waals surface area (Å²) in [5.41, 5.74) is 3.99. The largest absolute Gasteiger partial charge is 0.486 e. The van der Waals surface area contributed by atoms with Crippen molar-refractivity contribution < 1.29 is 14.3 Å². The smallest absolute Gasteiger partial charge is 0.276 e. The van der Waals surface area contributed by atoms with Crippen LogP contribution in [-0.2, 0) is 6.42 Å². The monoisotopic (exact) mass is 390 g/mol. The van der Waals surface area contributed by atoms with Crippen LogP contribution in [0.25, 0.3) is 0 Å². The Hall–Kier alpha value is -3.61. The predicted molar refractivity (Wildman–Crippen MR) is 111 cm³/mol. The normalized spacial score (nSPS) is 12.3. The van der Waals surface area contributed by atoms with Gasteiger partial charge >= 0.3 is 0 Å². The summed E-state index contributed by atoms with van der Waals surface area (Å²) in [6.07, 6.45) is 0.835. The van der Waals surface area contributed by atoms with Crippen LogP contribution in [-0.4, -0.2) is 29.3 Å². The number of nitrogens with one attached hydrogen (secondary N) is 2. The third-order valence-electron chi connectivity index (χ3n) is 4.69. The fraction of sp³-hybridized carbons (Fsp3) is 0.227. The number of aryl methyl sites for hydroxylation is 2. The summed E-state index contributed by atoms with van der Waals surface area (Å²) in [6, 6.07) is 14.9. The molecule has 2 N–H and O–H groups in total. The number of anilines is 3. The van der Waals surface area contributed by atoms with Gasteiger partial charge in [0.05, 0.1) is 0 Å². The molecule has 0 spiro atoms. The number of rotatable bonds is 5. The molecule has 1 aromatic heterocycles. The molecule has 0 bridgehead atoms. The van der Waals surface area contributed by atoms with E-state index in [0.717, 1.165) is 34.7 Å². The van der Waals surface area contributed by atoms with Gasteiger partial charge in [-0.05, 0) is 48.7 Å². The van der Waals surface area contributed by atoms with Crippen LogP contribution in [0.2, 0.25) is 0 Å². The third-order valence-corrected chi connectivity index (χ3v) is 4.69. The lowest BCUT2D eigenvalue weighted by molar-refractivity contribution is 0.102. The standard InChI is InChI=1S/C22H22N4O3/c1-3-15-6-4-5-14(2)21(15)24-22(27)17-8-10-20(26-25-17)23-16-7-9-18-19(13-16)29-12-11-28-18/h4-10,13H,3,11-12H2,1-2H3,(H,23,26)(H,24,27). The maximum Gasteiger partial charge on any atom is 0.276 e. The van der Waals surface area contributed by atoms with E-state index in [-0.39, 0.29) is 11.6 Å². The molecule has 1 amide bonds. The first-order valence-electron chi connectivity index (χ1n) is 9.54. The van der Waals surface area contributed by atoms with E-state index in [1.54, 1.807) is 12.1 Å². The minimum atomic E-state index is -0.285. The van der Waals surface area contributed by atoms with E-state index in [4.69, 9.17) is 9.47 Å². The van der Waals surface area contributed by atoms with Crippen molar-refractivity contribution >= 4 is 23.1 Å². The minimum Gasteiger partial charge on any atom is -0.486 e. The Morgan fingerprint density at radius 2 is 1.86 bits per heavy atom. The van der Waals surface area contributed by atoms with Crippen LogP contribution in [0, 0.1) is 6.92 Å². The second-order valence-corrected chi connectivity index (χ2v) is 6.70. The molecule has 7 nitrogen and oxygen atoms in total. The highest BCUT2D eigenvalue weighted by molar-refractivity contribution is 6.03. The summed E-state index contributed by atoms with van der Waals surface area (Å²) in [4.78, 5) is 12.6. The fourth-order valence-corrected chi connectivity index (χ4v) is 3.17. The molecule has 148 valence electrons. The van der Waals surface area contributed by atoms with Crippen LogP contribution in [0.3, 0.4) is 0 Å². The van der Waals surface area contributed by atoms with E-state index in [2.05, 4.69) is 27.8 Å². The van der Waals surface area contributed by atoms with Crippen LogP contribution in [0.5, 0.6) is 11.5 Å². The van der Waals surface area contributed by atoms with Gasteiger partial charge in [-0.3, -0.25) is 4.79 Å². The molecule has 2 aromatic carbocycles. The second-order valence-electron chi connectivity index (χ2n) is 6.70. The highest BCUT2D eigenvalue weighted by Crippen LogP contribution is 2.33. The average molecular weight is 390 g/mol. The van der Waals surface area contributed by atoms with Gasteiger partial charge in [-0.25, -0.2) is 0 Å². The summed E-state index contributed by atoms with van der Waals surface area (Å²) in [5, 5.41) is 14.3. The van der Waals surface area contributed by atoms with Crippen molar-refractivity contribution in [3.05, 3.63) is 65.4 Å². The minimum absolute atomic E-state index is 0.253. The number of hydrogen-bond acceptors (Lipinski definition) is 6. The van der Waals surface area contributed by atoms with E-state index in [9.17, 15) is 4.79 Å². The van der Waals surface area contributed by atoms with Gasteiger partial charge in [-0.2, -0.15) is 0 Å². The zero-order chi connectivity index (χ0) is 20.2. The Kier molecular flexibility index (Phi) is 5.29. The number of nitrogens with zero attached hydrogens (tertiary/aromatic N) is 2. The average Bonchev–Trinajstić information content (AvgIpc) is 2.75. The van der Waals surface area contributed by atoms with E-state index < -0.39 is 0 Å². The van der Waals surface area contributed by atoms with Crippen LogP contribution >= 0.6 is 0 Å². The Labute approximate surface area is 169 Å². The van der Waals surface area contributed by atoms with Crippen molar-refractivity contribution in [3.8, 4) is 11.5 Å². The van der Waals surface area contributed by atoms with Gasteiger partial charge in [0.25, 0.3) is 5.91 Å². The molecule has 4 rings (SSSR count). The number of fused-ring (bicyclic) bond motifs is 1. The Balaban J connectivity index is 1.46. The number of para-hydroxylation sites is 1. The van der Waals surface area contributed by atoms with Crippen molar-refractivity contribution in [1.29, 1.82) is 0 Å². The molecule has 0 radical (unpaired) electrons. The number of benzene rings is 2. The first-order chi connectivity index (χ1) is 14.1. The molecule has 1 aliphatic rings. The van der Waals surface area contributed by atoms with Crippen molar-refractivity contribution in [2.75, 3.05) is 23.8 Å². The third kappa shape index (κ3) is 4.13. The quantitative estimate of drug-likeness (QED) is 0.682. The molecular formula is C22H22N4O3. The van der Waals surface area contributed by atoms with Crippen molar-refractivity contribution in [2.45, 2.75) is 20.3 Å². The van der Waals surface area contributed by atoms with E-state index >= 15 is 0 Å². The summed E-state index contributed by atoms with van der Waals surface area (Å²) in [7, 11) is 0. The van der Waals surface area contributed by atoms with Crippen LogP contribution in [0.15, 0.2) is 48.5 Å². The Morgan fingerprint density at radius 1 is 1.03 bits per heavy atom. The lowest BCUT2D eigenvalue weighted by atomic mass is 10.1. The Bertz CT molecular complexity index is 1030. The first-order valence-corrected chi connectivity index (χ1v) is 9.54. The molecule has 29 heavy (non-hydrogen) atoms. The van der Waals surface area contributed by atoms with Crippen molar-refractivity contribution in [3.63, 3.8) is 0 Å². The lowest BCUT2D eigenvalue weighted by Gasteiger charge is -2.19. The number of aromatic nitrogens is 2. The summed E-state index contributed by atoms with van der Waals surface area (Å²) < 4.78 is 11.1. The van der Waals surface area contributed by atoms with Crippen LogP contribution < -0.4 is 20.1 Å². The van der Waals surface area contributed by atoms with E-state index in [1.807, 2.05) is 43.3 Å². The van der Waals surface area contributed by atoms with Crippen molar-refractivity contribution in [1.82, 2.24) is 10.2 Å². The number of ether oxygens (including phenoxy) is 2. The van der Waals surface area contributed by atoms with Crippen LogP contribution in [0.1, 0.15) is 28.5 Å². The van der Waals surface area contributed by atoms with Gasteiger partial charge in [0.2, 0.25) is 0 Å². The van der Waals surface area contributed by atoms with Crippen molar-refractivity contribution in [2.24, 2.45) is 0 Å². The predicted octanol–water partition coefficient (Wildman–Crippen LogP) is 4.11. The number of hydrogen-bond donors (Lipinski definition) is 2. The summed E-state index contributed by atoms with van der Waals surface area (Å²) >= 11 is 0. The zero-order valence-electron chi connectivity index (χ0n) is 16.4. The number of carbonyl (C=O) groups excluding carboxylic acids is 1. The van der Waals surface area contributed by atoms with Gasteiger partial charge in [-0.15, -0.1) is 10.2 Å². The first kappa shape index (κ1) is 18.7. The molecule has 0 unspecified atom stereocenters. The van der Waals surface area contributed by atoms with Gasteiger partial charge in [0, 0.05) is 17.4 Å². The molecule has 0 saturated carbocycles. The zero-order valence-corrected chi connectivity index (χ0v) is 16.4. The SMILES string of the molecule is CCc1cccc(C)c1NC(=O)c1ccc(Nc2ccc3c(c2)OCCO3)nn1. The highest BCUT2D eigenvalue weighted by atomic mass is 16.6. The second kappa shape index (κ2) is 8.18. The van der Waals surface area contributed by atoms with Crippen LogP contribution in [0.4, 0.5) is 17.2 Å². The molecule has 7 heteroatoms.